The lowest BCUT2D eigenvalue weighted by Gasteiger charge is -2.11. The maximum atomic E-state index is 13.6. The van der Waals surface area contributed by atoms with Gasteiger partial charge in [0, 0.05) is 56.5 Å². The Morgan fingerprint density at radius 3 is 1.86 bits per heavy atom. The van der Waals surface area contributed by atoms with Crippen molar-refractivity contribution in [2.45, 2.75) is 40.1 Å². The van der Waals surface area contributed by atoms with Crippen molar-refractivity contribution in [2.24, 2.45) is 0 Å². The normalized spacial score (nSPS) is 11.4. The zero-order valence-corrected chi connectivity index (χ0v) is 21.7. The number of carbonyl (C=O) groups is 2. The van der Waals surface area contributed by atoms with Gasteiger partial charge in [-0.2, -0.15) is 0 Å². The molecule has 0 fully saturated rings. The monoisotopic (exact) mass is 493 g/mol. The zero-order chi connectivity index (χ0) is 25.6. The van der Waals surface area contributed by atoms with E-state index in [4.69, 9.17) is 11.6 Å². The molecule has 0 atom stereocenters. The van der Waals surface area contributed by atoms with Crippen LogP contribution in [0.3, 0.4) is 0 Å². The lowest BCUT2D eigenvalue weighted by Crippen LogP contribution is -2.07. The molecule has 1 heterocycles. The summed E-state index contributed by atoms with van der Waals surface area (Å²) in [5, 5.41) is 1.94. The van der Waals surface area contributed by atoms with E-state index < -0.39 is 0 Å². The molecular formula is C32H28ClNO2. The van der Waals surface area contributed by atoms with Crippen molar-refractivity contribution in [1.29, 1.82) is 0 Å². The van der Waals surface area contributed by atoms with Gasteiger partial charge in [0.05, 0.1) is 0 Å². The van der Waals surface area contributed by atoms with Gasteiger partial charge in [0.1, 0.15) is 0 Å². The Kier molecular flexibility index (Phi) is 6.27. The highest BCUT2D eigenvalue weighted by atomic mass is 35.5. The van der Waals surface area contributed by atoms with Crippen molar-refractivity contribution in [2.75, 3.05) is 0 Å². The van der Waals surface area contributed by atoms with Crippen LogP contribution in [-0.4, -0.2) is 16.1 Å². The van der Waals surface area contributed by atoms with Gasteiger partial charge in [-0.25, -0.2) is 0 Å². The largest absolute Gasteiger partial charge is 0.341 e. The van der Waals surface area contributed by atoms with E-state index in [-0.39, 0.29) is 17.4 Å². The van der Waals surface area contributed by atoms with Crippen molar-refractivity contribution in [3.8, 4) is 0 Å². The first-order valence-electron chi connectivity index (χ1n) is 12.2. The summed E-state index contributed by atoms with van der Waals surface area (Å²) in [6, 6.07) is 23.3. The maximum Gasteiger partial charge on any atom is 0.193 e. The third kappa shape index (κ3) is 3.94. The number of fused-ring (bicyclic) bond motifs is 3. The number of halogens is 1. The first-order chi connectivity index (χ1) is 17.3. The summed E-state index contributed by atoms with van der Waals surface area (Å²) >= 11 is 6.10. The Morgan fingerprint density at radius 1 is 0.750 bits per heavy atom. The Hall–Kier alpha value is -3.69. The molecule has 5 rings (SSSR count). The van der Waals surface area contributed by atoms with Gasteiger partial charge in [0.2, 0.25) is 0 Å². The number of alkyl halides is 1. The summed E-state index contributed by atoms with van der Waals surface area (Å²) in [5.41, 5.74) is 8.66. The van der Waals surface area contributed by atoms with Gasteiger partial charge in [0.25, 0.3) is 0 Å². The molecule has 0 saturated carbocycles. The molecule has 0 unspecified atom stereocenters. The van der Waals surface area contributed by atoms with Crippen LogP contribution in [0.5, 0.6) is 0 Å². The second-order valence-electron chi connectivity index (χ2n) is 9.43. The SMILES string of the molecule is CCn1c2ccc(C(=O)c3ccccc3CCl)cc2c2cc(C(=O)c3c(C)cc(C)cc3C)ccc21. The number of rotatable bonds is 6. The predicted octanol–water partition coefficient (Wildman–Crippen LogP) is 7.94. The van der Waals surface area contributed by atoms with E-state index in [1.165, 1.54) is 0 Å². The minimum atomic E-state index is -0.0521. The van der Waals surface area contributed by atoms with Crippen LogP contribution in [-0.2, 0) is 12.4 Å². The Labute approximate surface area is 216 Å². The van der Waals surface area contributed by atoms with Crippen molar-refractivity contribution in [3.63, 3.8) is 0 Å². The molecule has 5 aromatic rings. The fourth-order valence-electron chi connectivity index (χ4n) is 5.42. The van der Waals surface area contributed by atoms with Gasteiger partial charge in [-0.3, -0.25) is 9.59 Å². The lowest BCUT2D eigenvalue weighted by molar-refractivity contribution is 0.103. The van der Waals surface area contributed by atoms with Crippen molar-refractivity contribution >= 4 is 45.0 Å². The standard InChI is InChI=1S/C32H28ClNO2/c1-5-34-28-12-10-22(31(35)25-9-7-6-8-24(25)18-33)16-26(28)27-17-23(11-13-29(27)34)32(36)30-20(3)14-19(2)15-21(30)4/h6-17H,5,18H2,1-4H3. The topological polar surface area (TPSA) is 39.1 Å². The number of hydrogen-bond donors (Lipinski definition) is 0. The molecule has 180 valence electrons. The molecule has 0 aliphatic carbocycles. The Morgan fingerprint density at radius 2 is 1.31 bits per heavy atom. The average Bonchev–Trinajstić information content (AvgIpc) is 3.19. The minimum absolute atomic E-state index is 0.0209. The Balaban J connectivity index is 1.68. The summed E-state index contributed by atoms with van der Waals surface area (Å²) < 4.78 is 2.22. The van der Waals surface area contributed by atoms with Crippen LogP contribution in [0, 0.1) is 20.8 Å². The minimum Gasteiger partial charge on any atom is -0.341 e. The van der Waals surface area contributed by atoms with Gasteiger partial charge >= 0.3 is 0 Å². The molecule has 3 nitrogen and oxygen atoms in total. The van der Waals surface area contributed by atoms with Crippen LogP contribution < -0.4 is 0 Å². The van der Waals surface area contributed by atoms with Crippen LogP contribution >= 0.6 is 11.6 Å². The number of benzene rings is 4. The van der Waals surface area contributed by atoms with E-state index in [1.54, 1.807) is 0 Å². The molecule has 0 aliphatic heterocycles. The van der Waals surface area contributed by atoms with E-state index in [2.05, 4.69) is 23.6 Å². The number of ketones is 2. The van der Waals surface area contributed by atoms with Gasteiger partial charge in [-0.1, -0.05) is 42.0 Å². The predicted molar refractivity (Wildman–Crippen MR) is 149 cm³/mol. The van der Waals surface area contributed by atoms with Gasteiger partial charge in [-0.15, -0.1) is 11.6 Å². The summed E-state index contributed by atoms with van der Waals surface area (Å²) in [7, 11) is 0. The van der Waals surface area contributed by atoms with Crippen LogP contribution in [0.15, 0.2) is 72.8 Å². The molecule has 0 spiro atoms. The maximum absolute atomic E-state index is 13.6. The molecule has 0 bridgehead atoms. The number of aromatic nitrogens is 1. The van der Waals surface area contributed by atoms with E-state index >= 15 is 0 Å². The first-order valence-corrected chi connectivity index (χ1v) is 12.7. The van der Waals surface area contributed by atoms with Crippen LogP contribution in [0.25, 0.3) is 21.8 Å². The third-order valence-electron chi connectivity index (χ3n) is 7.02. The van der Waals surface area contributed by atoms with Crippen LogP contribution in [0.4, 0.5) is 0 Å². The summed E-state index contributed by atoms with van der Waals surface area (Å²) in [5.74, 6) is 0.249. The highest BCUT2D eigenvalue weighted by Crippen LogP contribution is 2.32. The molecule has 4 aromatic carbocycles. The van der Waals surface area contributed by atoms with Crippen molar-refractivity contribution in [1.82, 2.24) is 4.57 Å². The van der Waals surface area contributed by atoms with Crippen molar-refractivity contribution < 1.29 is 9.59 Å². The van der Waals surface area contributed by atoms with Crippen molar-refractivity contribution in [3.05, 3.63) is 117 Å². The van der Waals surface area contributed by atoms with Gasteiger partial charge in [0.15, 0.2) is 11.6 Å². The second kappa shape index (κ2) is 9.40. The fraction of sp³-hybridized carbons (Fsp3) is 0.188. The highest BCUT2D eigenvalue weighted by molar-refractivity contribution is 6.20. The zero-order valence-electron chi connectivity index (χ0n) is 21.0. The first kappa shape index (κ1) is 24.0. The number of aryl methyl sites for hydroxylation is 4. The lowest BCUT2D eigenvalue weighted by atomic mass is 9.92. The summed E-state index contributed by atoms with van der Waals surface area (Å²) in [4.78, 5) is 27.0. The Bertz CT molecular complexity index is 1650. The van der Waals surface area contributed by atoms with E-state index in [1.807, 2.05) is 81.4 Å². The third-order valence-corrected chi connectivity index (χ3v) is 7.30. The molecule has 0 N–H and O–H groups in total. The molecule has 1 aromatic heterocycles. The molecule has 0 amide bonds. The van der Waals surface area contributed by atoms with E-state index in [9.17, 15) is 9.59 Å². The number of hydrogen-bond acceptors (Lipinski definition) is 2. The molecule has 36 heavy (non-hydrogen) atoms. The highest BCUT2D eigenvalue weighted by Gasteiger charge is 2.19. The molecular weight excluding hydrogens is 466 g/mol. The van der Waals surface area contributed by atoms with E-state index in [0.717, 1.165) is 56.2 Å². The smallest absolute Gasteiger partial charge is 0.193 e. The fourth-order valence-corrected chi connectivity index (χ4v) is 5.66. The number of carbonyl (C=O) groups excluding carboxylic acids is 2. The number of nitrogens with zero attached hydrogens (tertiary/aromatic N) is 1. The van der Waals surface area contributed by atoms with Gasteiger partial charge in [-0.05, 0) is 80.8 Å². The van der Waals surface area contributed by atoms with Gasteiger partial charge < -0.3 is 4.57 Å². The second-order valence-corrected chi connectivity index (χ2v) is 9.70. The average molecular weight is 494 g/mol. The molecule has 0 radical (unpaired) electrons. The molecule has 0 saturated heterocycles. The van der Waals surface area contributed by atoms with E-state index in [0.29, 0.717) is 16.7 Å². The quantitative estimate of drug-likeness (QED) is 0.178. The van der Waals surface area contributed by atoms with Crippen LogP contribution in [0.2, 0.25) is 0 Å². The summed E-state index contributed by atoms with van der Waals surface area (Å²) in [6.45, 7) is 8.92. The molecule has 4 heteroatoms. The van der Waals surface area contributed by atoms with Crippen LogP contribution in [0.1, 0.15) is 61.0 Å². The summed E-state index contributed by atoms with van der Waals surface area (Å²) in [6.07, 6.45) is 0. The molecule has 0 aliphatic rings.